The Morgan fingerprint density at radius 3 is 2.56 bits per heavy atom. The van der Waals surface area contributed by atoms with Gasteiger partial charge in [0, 0.05) is 36.1 Å². The minimum atomic E-state index is -0.742. The van der Waals surface area contributed by atoms with Gasteiger partial charge in [0.15, 0.2) is 11.5 Å². The summed E-state index contributed by atoms with van der Waals surface area (Å²) in [7, 11) is 0. The first-order valence-corrected chi connectivity index (χ1v) is 11.3. The van der Waals surface area contributed by atoms with Gasteiger partial charge in [0.2, 0.25) is 0 Å². The normalized spacial score (nSPS) is 19.0. The molecular weight excluding hydrogens is 458 g/mol. The monoisotopic (exact) mass is 479 g/mol. The van der Waals surface area contributed by atoms with Crippen LogP contribution in [0.1, 0.15) is 23.6 Å². The Morgan fingerprint density at radius 1 is 1.06 bits per heavy atom. The van der Waals surface area contributed by atoms with Crippen molar-refractivity contribution in [2.45, 2.75) is 19.0 Å². The lowest BCUT2D eigenvalue weighted by atomic mass is 9.95. The molecule has 1 amide bonds. The van der Waals surface area contributed by atoms with E-state index in [4.69, 9.17) is 21.1 Å². The number of ketones is 1. The number of amides is 1. The van der Waals surface area contributed by atoms with Gasteiger partial charge in [-0.15, -0.1) is 0 Å². The second-order valence-corrected chi connectivity index (χ2v) is 8.49. The fraction of sp³-hybridized carbons (Fsp3) is 0.240. The van der Waals surface area contributed by atoms with Crippen LogP contribution in [0.2, 0.25) is 5.02 Å². The average molecular weight is 480 g/mol. The highest BCUT2D eigenvalue weighted by Crippen LogP contribution is 2.41. The molecule has 1 saturated heterocycles. The Bertz CT molecular complexity index is 1250. The van der Waals surface area contributed by atoms with Crippen molar-refractivity contribution in [3.8, 4) is 11.5 Å². The number of aryl methyl sites for hydroxylation is 1. The summed E-state index contributed by atoms with van der Waals surface area (Å²) in [5, 5.41) is 11.8. The molecule has 0 spiro atoms. The molecule has 3 aromatic rings. The van der Waals surface area contributed by atoms with Crippen LogP contribution in [0.5, 0.6) is 11.5 Å². The van der Waals surface area contributed by atoms with Crippen LogP contribution in [0, 0.1) is 0 Å². The van der Waals surface area contributed by atoms with Gasteiger partial charge in [-0.2, -0.15) is 0 Å². The van der Waals surface area contributed by atoms with E-state index >= 15 is 0 Å². The number of Topliss-reactive ketones (excluding diaryl/α,β-unsaturated/α-hetero) is 1. The molecule has 2 aromatic carbocycles. The van der Waals surface area contributed by atoms with Crippen LogP contribution < -0.4 is 9.47 Å². The van der Waals surface area contributed by atoms with Crippen LogP contribution in [0.4, 0.5) is 0 Å². The Morgan fingerprint density at radius 2 is 1.82 bits per heavy atom. The fourth-order valence-corrected chi connectivity index (χ4v) is 4.42. The van der Waals surface area contributed by atoms with Crippen molar-refractivity contribution >= 4 is 29.1 Å². The summed E-state index contributed by atoms with van der Waals surface area (Å²) < 4.78 is 13.1. The summed E-state index contributed by atoms with van der Waals surface area (Å²) in [6.45, 7) is 1.80. The number of aromatic nitrogens is 2. The molecule has 1 fully saturated rings. The zero-order chi connectivity index (χ0) is 23.7. The number of nitrogens with zero attached hydrogens (tertiary/aromatic N) is 3. The summed E-state index contributed by atoms with van der Waals surface area (Å²) in [5.74, 6) is -0.586. The predicted octanol–water partition coefficient (Wildman–Crippen LogP) is 3.82. The molecule has 0 aliphatic carbocycles. The second kappa shape index (κ2) is 9.23. The maximum Gasteiger partial charge on any atom is 0.295 e. The maximum atomic E-state index is 13.2. The van der Waals surface area contributed by atoms with Gasteiger partial charge in [-0.05, 0) is 42.3 Å². The molecule has 3 heterocycles. The molecule has 2 aliphatic heterocycles. The summed E-state index contributed by atoms with van der Waals surface area (Å²) in [4.78, 5) is 31.8. The zero-order valence-electron chi connectivity index (χ0n) is 18.2. The molecule has 34 heavy (non-hydrogen) atoms. The smallest absolute Gasteiger partial charge is 0.295 e. The van der Waals surface area contributed by atoms with Crippen molar-refractivity contribution in [3.05, 3.63) is 82.9 Å². The molecule has 1 N–H and O–H groups in total. The first kappa shape index (κ1) is 22.0. The molecule has 2 aliphatic rings. The number of halogens is 1. The van der Waals surface area contributed by atoms with Gasteiger partial charge in [0.25, 0.3) is 11.7 Å². The van der Waals surface area contributed by atoms with E-state index < -0.39 is 17.7 Å². The first-order chi connectivity index (χ1) is 16.5. The first-order valence-electron chi connectivity index (χ1n) is 10.9. The van der Waals surface area contributed by atoms with E-state index in [0.29, 0.717) is 60.4 Å². The number of rotatable bonds is 6. The molecule has 1 aromatic heterocycles. The summed E-state index contributed by atoms with van der Waals surface area (Å²) in [6.07, 6.45) is 5.84. The summed E-state index contributed by atoms with van der Waals surface area (Å²) in [5.41, 5.74) is 1.09. The van der Waals surface area contributed by atoms with Crippen LogP contribution in [0.25, 0.3) is 5.76 Å². The standard InChI is InChI=1S/C25H22ClN3O5/c26-18-5-2-16(3-6-18)22-21(23(30)17-4-7-19-20(14-17)34-13-12-33-19)24(31)25(32)29(22)10-1-9-28-11-8-27-15-28/h2-8,11,14-15,22,30H,1,9-10,12-13H2/t22-/m1/s1. The summed E-state index contributed by atoms with van der Waals surface area (Å²) >= 11 is 6.07. The van der Waals surface area contributed by atoms with Gasteiger partial charge in [-0.1, -0.05) is 23.7 Å². The lowest BCUT2D eigenvalue weighted by molar-refractivity contribution is -0.139. The Hall–Kier alpha value is -3.78. The molecular formula is C25H22ClN3O5. The van der Waals surface area contributed by atoms with Gasteiger partial charge in [0.05, 0.1) is 17.9 Å². The number of imidazole rings is 1. The van der Waals surface area contributed by atoms with E-state index in [1.807, 2.05) is 10.8 Å². The largest absolute Gasteiger partial charge is 0.507 e. The number of aliphatic hydroxyl groups is 1. The molecule has 0 radical (unpaired) electrons. The fourth-order valence-electron chi connectivity index (χ4n) is 4.29. The lowest BCUT2D eigenvalue weighted by Gasteiger charge is -2.25. The van der Waals surface area contributed by atoms with Crippen molar-refractivity contribution in [2.75, 3.05) is 19.8 Å². The van der Waals surface area contributed by atoms with Crippen molar-refractivity contribution in [3.63, 3.8) is 0 Å². The molecule has 0 saturated carbocycles. The van der Waals surface area contributed by atoms with E-state index in [1.54, 1.807) is 55.0 Å². The van der Waals surface area contributed by atoms with Gasteiger partial charge >= 0.3 is 0 Å². The molecule has 8 nitrogen and oxygen atoms in total. The van der Waals surface area contributed by atoms with Gasteiger partial charge in [-0.25, -0.2) is 4.98 Å². The highest BCUT2D eigenvalue weighted by Gasteiger charge is 2.45. The third-order valence-corrected chi connectivity index (χ3v) is 6.17. The number of aliphatic hydroxyl groups excluding tert-OH is 1. The number of carbonyl (C=O) groups is 2. The Labute approximate surface area is 201 Å². The number of likely N-dealkylation sites (tertiary alicyclic amines) is 1. The van der Waals surface area contributed by atoms with Gasteiger partial charge in [-0.3, -0.25) is 9.59 Å². The molecule has 0 unspecified atom stereocenters. The highest BCUT2D eigenvalue weighted by molar-refractivity contribution is 6.46. The van der Waals surface area contributed by atoms with Gasteiger partial charge in [0.1, 0.15) is 19.0 Å². The van der Waals surface area contributed by atoms with Crippen molar-refractivity contribution in [1.29, 1.82) is 0 Å². The average Bonchev–Trinajstić information content (AvgIpc) is 3.46. The minimum Gasteiger partial charge on any atom is -0.507 e. The summed E-state index contributed by atoms with van der Waals surface area (Å²) in [6, 6.07) is 11.1. The van der Waals surface area contributed by atoms with E-state index in [-0.39, 0.29) is 11.3 Å². The highest BCUT2D eigenvalue weighted by atomic mass is 35.5. The number of benzene rings is 2. The number of fused-ring (bicyclic) bond motifs is 1. The number of hydrogen-bond donors (Lipinski definition) is 1. The van der Waals surface area contributed by atoms with E-state index in [9.17, 15) is 14.7 Å². The van der Waals surface area contributed by atoms with Crippen LogP contribution in [0.3, 0.4) is 0 Å². The van der Waals surface area contributed by atoms with Crippen LogP contribution in [0.15, 0.2) is 66.8 Å². The quantitative estimate of drug-likeness (QED) is 0.328. The number of ether oxygens (including phenoxy) is 2. The van der Waals surface area contributed by atoms with Crippen LogP contribution in [-0.2, 0) is 16.1 Å². The van der Waals surface area contributed by atoms with Crippen molar-refractivity contribution < 1.29 is 24.2 Å². The molecule has 174 valence electrons. The Balaban J connectivity index is 1.53. The Kier molecular flexibility index (Phi) is 5.98. The minimum absolute atomic E-state index is 0.0339. The van der Waals surface area contributed by atoms with Gasteiger partial charge < -0.3 is 24.0 Å². The molecule has 5 rings (SSSR count). The zero-order valence-corrected chi connectivity index (χ0v) is 18.9. The lowest BCUT2D eigenvalue weighted by Crippen LogP contribution is -2.31. The van der Waals surface area contributed by atoms with Crippen LogP contribution in [-0.4, -0.2) is 51.0 Å². The predicted molar refractivity (Wildman–Crippen MR) is 125 cm³/mol. The molecule has 1 atom stereocenters. The SMILES string of the molecule is O=C1C(=O)N(CCCn2ccnc2)[C@H](c2ccc(Cl)cc2)C1=C(O)c1ccc2c(c1)OCCO2. The van der Waals surface area contributed by atoms with E-state index in [1.165, 1.54) is 4.90 Å². The maximum absolute atomic E-state index is 13.2. The third-order valence-electron chi connectivity index (χ3n) is 5.92. The number of carbonyl (C=O) groups excluding carboxylic acids is 2. The number of hydrogen-bond acceptors (Lipinski definition) is 6. The molecule has 9 heteroatoms. The van der Waals surface area contributed by atoms with E-state index in [0.717, 1.165) is 0 Å². The van der Waals surface area contributed by atoms with Crippen LogP contribution >= 0.6 is 11.6 Å². The second-order valence-electron chi connectivity index (χ2n) is 8.06. The third kappa shape index (κ3) is 4.12. The van der Waals surface area contributed by atoms with E-state index in [2.05, 4.69) is 4.98 Å². The van der Waals surface area contributed by atoms with Crippen molar-refractivity contribution in [2.24, 2.45) is 0 Å². The topological polar surface area (TPSA) is 93.9 Å². The molecule has 0 bridgehead atoms. The van der Waals surface area contributed by atoms with Crippen molar-refractivity contribution in [1.82, 2.24) is 14.5 Å².